The number of hydrogen-bond donors (Lipinski definition) is 1. The third-order valence-corrected chi connectivity index (χ3v) is 8.57. The first-order chi connectivity index (χ1) is 15.9. The van der Waals surface area contributed by atoms with Gasteiger partial charge in [-0.25, -0.2) is 12.7 Å². The number of piperidine rings is 1. The Bertz CT molecular complexity index is 1040. The maximum absolute atomic E-state index is 12.9. The first-order valence-corrected chi connectivity index (χ1v) is 13.7. The van der Waals surface area contributed by atoms with Crippen LogP contribution in [-0.2, 0) is 33.7 Å². The van der Waals surface area contributed by atoms with Gasteiger partial charge in [-0.2, -0.15) is 0 Å². The van der Waals surface area contributed by atoms with Gasteiger partial charge in [-0.3, -0.25) is 9.69 Å². The summed E-state index contributed by atoms with van der Waals surface area (Å²) in [4.78, 5) is 15.2. The number of halogens is 1. The van der Waals surface area contributed by atoms with Gasteiger partial charge in [0.1, 0.15) is 0 Å². The topological polar surface area (TPSA) is 69.7 Å². The summed E-state index contributed by atoms with van der Waals surface area (Å²) in [5.41, 5.74) is 3.04. The van der Waals surface area contributed by atoms with Crippen LogP contribution in [0.25, 0.3) is 0 Å². The Hall–Kier alpha value is -1.93. The predicted octanol–water partition coefficient (Wildman–Crippen LogP) is 3.79. The Morgan fingerprint density at radius 1 is 0.909 bits per heavy atom. The van der Waals surface area contributed by atoms with E-state index in [2.05, 4.69) is 34.5 Å². The fourth-order valence-electron chi connectivity index (χ4n) is 4.59. The molecular weight excluding hydrogens is 458 g/mol. The zero-order valence-corrected chi connectivity index (χ0v) is 20.5. The molecule has 8 heteroatoms. The quantitative estimate of drug-likeness (QED) is 0.612. The average molecular weight is 490 g/mol. The van der Waals surface area contributed by atoms with E-state index in [9.17, 15) is 13.2 Å². The molecule has 2 aliphatic rings. The average Bonchev–Trinajstić information content (AvgIpc) is 3.33. The molecule has 0 aliphatic carbocycles. The smallest absolute Gasteiger partial charge is 0.224 e. The first-order valence-electron chi connectivity index (χ1n) is 11.7. The zero-order valence-electron chi connectivity index (χ0n) is 18.9. The summed E-state index contributed by atoms with van der Waals surface area (Å²) >= 11 is 5.90. The molecule has 2 aromatic rings. The van der Waals surface area contributed by atoms with Gasteiger partial charge >= 0.3 is 0 Å². The van der Waals surface area contributed by atoms with E-state index in [4.69, 9.17) is 11.6 Å². The van der Waals surface area contributed by atoms with Crippen molar-refractivity contribution in [1.82, 2.24) is 14.5 Å². The Morgan fingerprint density at radius 2 is 1.55 bits per heavy atom. The number of amides is 1. The molecule has 0 radical (unpaired) electrons. The van der Waals surface area contributed by atoms with Gasteiger partial charge in [0.05, 0.1) is 11.7 Å². The summed E-state index contributed by atoms with van der Waals surface area (Å²) in [5, 5.41) is 3.58. The van der Waals surface area contributed by atoms with Gasteiger partial charge < -0.3 is 5.32 Å². The number of likely N-dealkylation sites (tertiary alicyclic amines) is 1. The van der Waals surface area contributed by atoms with E-state index in [0.717, 1.165) is 12.1 Å². The van der Waals surface area contributed by atoms with E-state index in [0.29, 0.717) is 36.5 Å². The summed E-state index contributed by atoms with van der Waals surface area (Å²) in [5.74, 6) is -0.488. The lowest BCUT2D eigenvalue weighted by Crippen LogP contribution is -2.45. The van der Waals surface area contributed by atoms with Gasteiger partial charge in [-0.15, -0.1) is 0 Å². The standard InChI is InChI=1S/C25H32ClN3O3S/c26-24-11-9-22(10-12-24)19-33(31,32)29-15-3-4-23(18-29)25(30)27-16-20-5-7-21(8-6-20)17-28-13-1-2-14-28/h5-12,23H,1-4,13-19H2,(H,27,30). The molecule has 33 heavy (non-hydrogen) atoms. The highest BCUT2D eigenvalue weighted by Crippen LogP contribution is 2.22. The first kappa shape index (κ1) is 24.2. The van der Waals surface area contributed by atoms with E-state index in [1.54, 1.807) is 24.3 Å². The van der Waals surface area contributed by atoms with Gasteiger partial charge in [0.25, 0.3) is 0 Å². The van der Waals surface area contributed by atoms with Gasteiger partial charge in [-0.05, 0) is 67.6 Å². The normalized spacial score (nSPS) is 20.1. The van der Waals surface area contributed by atoms with Crippen LogP contribution in [-0.4, -0.2) is 49.7 Å². The number of nitrogens with one attached hydrogen (secondary N) is 1. The minimum Gasteiger partial charge on any atom is -0.352 e. The van der Waals surface area contributed by atoms with Crippen LogP contribution in [0.4, 0.5) is 0 Å². The van der Waals surface area contributed by atoms with Crippen molar-refractivity contribution in [2.24, 2.45) is 5.92 Å². The lowest BCUT2D eigenvalue weighted by molar-refractivity contribution is -0.126. The molecule has 2 aliphatic heterocycles. The number of sulfonamides is 1. The minimum atomic E-state index is -3.49. The molecule has 0 spiro atoms. The molecule has 1 N–H and O–H groups in total. The number of carbonyl (C=O) groups excluding carboxylic acids is 1. The second-order valence-electron chi connectivity index (χ2n) is 9.10. The molecule has 0 bridgehead atoms. The van der Waals surface area contributed by atoms with Crippen LogP contribution >= 0.6 is 11.6 Å². The number of hydrogen-bond acceptors (Lipinski definition) is 4. The molecule has 6 nitrogen and oxygen atoms in total. The lowest BCUT2D eigenvalue weighted by Gasteiger charge is -2.31. The molecule has 0 saturated carbocycles. The predicted molar refractivity (Wildman–Crippen MR) is 131 cm³/mol. The molecule has 2 fully saturated rings. The highest BCUT2D eigenvalue weighted by Gasteiger charge is 2.32. The summed E-state index contributed by atoms with van der Waals surface area (Å²) in [6.45, 7) is 4.47. The van der Waals surface area contributed by atoms with Crippen LogP contribution in [0.5, 0.6) is 0 Å². The molecular formula is C25H32ClN3O3S. The second-order valence-corrected chi connectivity index (χ2v) is 11.5. The van der Waals surface area contributed by atoms with Crippen molar-refractivity contribution >= 4 is 27.5 Å². The van der Waals surface area contributed by atoms with Crippen LogP contribution in [0.2, 0.25) is 5.02 Å². The van der Waals surface area contributed by atoms with Crippen molar-refractivity contribution in [2.45, 2.75) is 44.5 Å². The van der Waals surface area contributed by atoms with Gasteiger partial charge in [0.2, 0.25) is 15.9 Å². The highest BCUT2D eigenvalue weighted by atomic mass is 35.5. The number of carbonyl (C=O) groups is 1. The highest BCUT2D eigenvalue weighted by molar-refractivity contribution is 7.88. The summed E-state index contributed by atoms with van der Waals surface area (Å²) < 4.78 is 27.3. The third-order valence-electron chi connectivity index (χ3n) is 6.51. The van der Waals surface area contributed by atoms with E-state index in [1.165, 1.54) is 35.8 Å². The van der Waals surface area contributed by atoms with Crippen molar-refractivity contribution in [3.63, 3.8) is 0 Å². The van der Waals surface area contributed by atoms with Crippen molar-refractivity contribution in [1.29, 1.82) is 0 Å². The third kappa shape index (κ3) is 6.79. The fourth-order valence-corrected chi connectivity index (χ4v) is 6.32. The van der Waals surface area contributed by atoms with E-state index >= 15 is 0 Å². The molecule has 0 aromatic heterocycles. The summed E-state index contributed by atoms with van der Waals surface area (Å²) in [6, 6.07) is 15.2. The van der Waals surface area contributed by atoms with Crippen molar-refractivity contribution < 1.29 is 13.2 Å². The van der Waals surface area contributed by atoms with Gasteiger partial charge in [-0.1, -0.05) is 48.0 Å². The lowest BCUT2D eigenvalue weighted by atomic mass is 9.98. The Balaban J connectivity index is 1.28. The fraction of sp³-hybridized carbons (Fsp3) is 0.480. The van der Waals surface area contributed by atoms with Crippen molar-refractivity contribution in [2.75, 3.05) is 26.2 Å². The monoisotopic (exact) mass is 489 g/mol. The van der Waals surface area contributed by atoms with Crippen LogP contribution in [0.3, 0.4) is 0 Å². The van der Waals surface area contributed by atoms with Crippen LogP contribution < -0.4 is 5.32 Å². The van der Waals surface area contributed by atoms with Crippen LogP contribution in [0.1, 0.15) is 42.4 Å². The van der Waals surface area contributed by atoms with Crippen molar-refractivity contribution in [3.05, 3.63) is 70.2 Å². The number of nitrogens with zero attached hydrogens (tertiary/aromatic N) is 2. The Morgan fingerprint density at radius 3 is 2.24 bits per heavy atom. The molecule has 2 aromatic carbocycles. The van der Waals surface area contributed by atoms with Crippen LogP contribution in [0.15, 0.2) is 48.5 Å². The zero-order chi connectivity index (χ0) is 23.3. The number of rotatable bonds is 8. The van der Waals surface area contributed by atoms with Crippen molar-refractivity contribution in [3.8, 4) is 0 Å². The molecule has 1 amide bonds. The Labute approximate surface area is 202 Å². The molecule has 4 rings (SSSR count). The van der Waals surface area contributed by atoms with Gasteiger partial charge in [0.15, 0.2) is 0 Å². The molecule has 2 saturated heterocycles. The second kappa shape index (κ2) is 11.0. The summed E-state index contributed by atoms with van der Waals surface area (Å²) in [6.07, 6.45) is 3.95. The largest absolute Gasteiger partial charge is 0.352 e. The Kier molecular flexibility index (Phi) is 8.07. The maximum Gasteiger partial charge on any atom is 0.224 e. The maximum atomic E-state index is 12.9. The molecule has 1 unspecified atom stereocenters. The van der Waals surface area contributed by atoms with Crippen LogP contribution in [0, 0.1) is 5.92 Å². The van der Waals surface area contributed by atoms with E-state index in [-0.39, 0.29) is 24.1 Å². The molecule has 178 valence electrons. The molecule has 2 heterocycles. The summed E-state index contributed by atoms with van der Waals surface area (Å²) in [7, 11) is -3.49. The van der Waals surface area contributed by atoms with Gasteiger partial charge in [0, 0.05) is 31.2 Å². The number of benzene rings is 2. The SMILES string of the molecule is O=C(NCc1ccc(CN2CCCC2)cc1)C1CCCN(S(=O)(=O)Cc2ccc(Cl)cc2)C1. The minimum absolute atomic E-state index is 0.0810. The molecule has 1 atom stereocenters. The van der Waals surface area contributed by atoms with E-state index in [1.807, 2.05) is 0 Å². The van der Waals surface area contributed by atoms with E-state index < -0.39 is 10.0 Å².